The van der Waals surface area contributed by atoms with E-state index in [1.54, 1.807) is 18.2 Å². The first-order valence-corrected chi connectivity index (χ1v) is 9.67. The Morgan fingerprint density at radius 1 is 1.07 bits per heavy atom. The molecule has 9 nitrogen and oxygen atoms in total. The fraction of sp³-hybridized carbons (Fsp3) is 0.316. The van der Waals surface area contributed by atoms with Crippen LogP contribution in [0, 0.1) is 0 Å². The van der Waals surface area contributed by atoms with Crippen LogP contribution in [-0.4, -0.2) is 38.0 Å². The van der Waals surface area contributed by atoms with E-state index >= 15 is 0 Å². The molecule has 1 aromatic carbocycles. The molecule has 1 aromatic heterocycles. The lowest BCUT2D eigenvalue weighted by atomic mass is 10.2. The van der Waals surface area contributed by atoms with Gasteiger partial charge in [-0.15, -0.1) is 0 Å². The Kier molecular flexibility index (Phi) is 8.53. The Bertz CT molecular complexity index is 867. The van der Waals surface area contributed by atoms with Crippen molar-refractivity contribution in [2.24, 2.45) is 0 Å². The molecule has 0 atom stereocenters. The summed E-state index contributed by atoms with van der Waals surface area (Å²) in [5, 5.41) is 2.37. The monoisotopic (exact) mass is 467 g/mol. The van der Waals surface area contributed by atoms with Gasteiger partial charge in [-0.3, -0.25) is 25.2 Å². The van der Waals surface area contributed by atoms with Crippen LogP contribution in [0.4, 0.5) is 0 Å². The average Bonchev–Trinajstić information content (AvgIpc) is 3.16. The minimum Gasteiger partial charge on any atom is -0.493 e. The van der Waals surface area contributed by atoms with Crippen molar-refractivity contribution in [3.8, 4) is 11.5 Å². The molecular weight excluding hydrogens is 446 g/mol. The van der Waals surface area contributed by atoms with Gasteiger partial charge in [-0.25, -0.2) is 0 Å². The molecule has 2 rings (SSSR count). The van der Waals surface area contributed by atoms with Crippen LogP contribution >= 0.6 is 15.9 Å². The second-order valence-corrected chi connectivity index (χ2v) is 6.64. The van der Waals surface area contributed by atoms with Gasteiger partial charge in [0, 0.05) is 5.56 Å². The first kappa shape index (κ1) is 22.3. The summed E-state index contributed by atoms with van der Waals surface area (Å²) in [5.74, 6) is -0.699. The van der Waals surface area contributed by atoms with Crippen LogP contribution in [0.1, 0.15) is 40.7 Å². The van der Waals surface area contributed by atoms with Crippen molar-refractivity contribution in [1.82, 2.24) is 16.2 Å². The lowest BCUT2D eigenvalue weighted by Gasteiger charge is -2.12. The van der Waals surface area contributed by atoms with E-state index in [2.05, 4.69) is 39.0 Å². The van der Waals surface area contributed by atoms with Crippen LogP contribution in [0.25, 0.3) is 0 Å². The fourth-order valence-electron chi connectivity index (χ4n) is 2.18. The Balaban J connectivity index is 1.83. The number of hydrogen-bond donors (Lipinski definition) is 3. The zero-order valence-electron chi connectivity index (χ0n) is 16.0. The van der Waals surface area contributed by atoms with E-state index in [9.17, 15) is 14.4 Å². The molecule has 0 aliphatic rings. The maximum absolute atomic E-state index is 12.2. The molecule has 0 aliphatic carbocycles. The molecule has 2 aromatic rings. The van der Waals surface area contributed by atoms with E-state index in [-0.39, 0.29) is 17.9 Å². The number of rotatable bonds is 9. The van der Waals surface area contributed by atoms with Gasteiger partial charge in [0.15, 0.2) is 21.9 Å². The molecular formula is C19H22BrN3O6. The van der Waals surface area contributed by atoms with E-state index in [4.69, 9.17) is 13.9 Å². The number of hydrazine groups is 1. The van der Waals surface area contributed by atoms with Crippen LogP contribution < -0.4 is 25.6 Å². The number of amides is 3. The smallest absolute Gasteiger partial charge is 0.287 e. The van der Waals surface area contributed by atoms with Crippen molar-refractivity contribution < 1.29 is 28.3 Å². The third kappa shape index (κ3) is 6.83. The number of nitrogens with one attached hydrogen (secondary N) is 3. The number of ether oxygens (including phenoxy) is 2. The number of unbranched alkanes of at least 4 members (excludes halogenated alkanes) is 1. The summed E-state index contributed by atoms with van der Waals surface area (Å²) >= 11 is 3.08. The second-order valence-electron chi connectivity index (χ2n) is 5.86. The fourth-order valence-corrected chi connectivity index (χ4v) is 2.49. The molecule has 0 radical (unpaired) electrons. The number of hydrogen-bond acceptors (Lipinski definition) is 6. The standard InChI is InChI=1S/C19H22BrN3O6/c1-3-4-9-28-13-6-5-12(10-15(13)27-2)18(25)23-22-17(24)11-21-19(26)14-7-8-16(20)29-14/h5-8,10H,3-4,9,11H2,1-2H3,(H,21,26)(H,22,24)(H,23,25). The number of carbonyl (C=O) groups is 3. The minimum absolute atomic E-state index is 0.0575. The van der Waals surface area contributed by atoms with Gasteiger partial charge in [-0.1, -0.05) is 13.3 Å². The first-order valence-electron chi connectivity index (χ1n) is 8.88. The summed E-state index contributed by atoms with van der Waals surface area (Å²) in [6.45, 7) is 2.27. The van der Waals surface area contributed by atoms with Gasteiger partial charge >= 0.3 is 0 Å². The van der Waals surface area contributed by atoms with Crippen molar-refractivity contribution in [2.45, 2.75) is 19.8 Å². The zero-order valence-corrected chi connectivity index (χ0v) is 17.6. The van der Waals surface area contributed by atoms with Gasteiger partial charge < -0.3 is 19.2 Å². The van der Waals surface area contributed by atoms with Crippen molar-refractivity contribution in [3.05, 3.63) is 46.3 Å². The van der Waals surface area contributed by atoms with Gasteiger partial charge in [-0.2, -0.15) is 0 Å². The first-order chi connectivity index (χ1) is 13.9. The minimum atomic E-state index is -0.608. The Labute approximate surface area is 176 Å². The van der Waals surface area contributed by atoms with Crippen LogP contribution in [0.15, 0.2) is 39.4 Å². The van der Waals surface area contributed by atoms with E-state index < -0.39 is 17.7 Å². The lowest BCUT2D eigenvalue weighted by Crippen LogP contribution is -2.46. The maximum Gasteiger partial charge on any atom is 0.287 e. The number of halogens is 1. The third-order valence-electron chi connectivity index (χ3n) is 3.70. The summed E-state index contributed by atoms with van der Waals surface area (Å²) in [5.41, 5.74) is 4.77. The van der Waals surface area contributed by atoms with E-state index in [1.165, 1.54) is 19.2 Å². The van der Waals surface area contributed by atoms with E-state index in [1.807, 2.05) is 0 Å². The lowest BCUT2D eigenvalue weighted by molar-refractivity contribution is -0.120. The predicted molar refractivity (Wildman–Crippen MR) is 108 cm³/mol. The van der Waals surface area contributed by atoms with Crippen LogP contribution in [0.3, 0.4) is 0 Å². The zero-order chi connectivity index (χ0) is 21.2. The molecule has 10 heteroatoms. The molecule has 0 aliphatic heterocycles. The van der Waals surface area contributed by atoms with Crippen molar-refractivity contribution >= 4 is 33.7 Å². The van der Waals surface area contributed by atoms with Crippen molar-refractivity contribution in [1.29, 1.82) is 0 Å². The number of methoxy groups -OCH3 is 1. The predicted octanol–water partition coefficient (Wildman–Crippen LogP) is 2.42. The largest absolute Gasteiger partial charge is 0.493 e. The Hall–Kier alpha value is -3.01. The second kappa shape index (κ2) is 11.1. The molecule has 29 heavy (non-hydrogen) atoms. The van der Waals surface area contributed by atoms with Gasteiger partial charge in [0.25, 0.3) is 17.7 Å². The molecule has 3 amide bonds. The van der Waals surface area contributed by atoms with Gasteiger partial charge in [0.05, 0.1) is 20.3 Å². The summed E-state index contributed by atoms with van der Waals surface area (Å²) < 4.78 is 16.3. The molecule has 0 saturated carbocycles. The summed E-state index contributed by atoms with van der Waals surface area (Å²) in [6.07, 6.45) is 1.91. The van der Waals surface area contributed by atoms with Crippen LogP contribution in [0.5, 0.6) is 11.5 Å². The highest BCUT2D eigenvalue weighted by Gasteiger charge is 2.14. The van der Waals surface area contributed by atoms with Crippen molar-refractivity contribution in [2.75, 3.05) is 20.3 Å². The van der Waals surface area contributed by atoms with E-state index in [0.717, 1.165) is 12.8 Å². The highest BCUT2D eigenvalue weighted by atomic mass is 79.9. The van der Waals surface area contributed by atoms with Gasteiger partial charge in [0.1, 0.15) is 0 Å². The van der Waals surface area contributed by atoms with Crippen LogP contribution in [-0.2, 0) is 4.79 Å². The molecule has 1 heterocycles. The number of carbonyl (C=O) groups excluding carboxylic acids is 3. The highest BCUT2D eigenvalue weighted by molar-refractivity contribution is 9.10. The maximum atomic E-state index is 12.2. The molecule has 3 N–H and O–H groups in total. The highest BCUT2D eigenvalue weighted by Crippen LogP contribution is 2.28. The summed E-state index contributed by atoms with van der Waals surface area (Å²) in [6, 6.07) is 7.72. The summed E-state index contributed by atoms with van der Waals surface area (Å²) in [7, 11) is 1.48. The topological polar surface area (TPSA) is 119 Å². The van der Waals surface area contributed by atoms with Gasteiger partial charge in [-0.05, 0) is 52.7 Å². The normalized spacial score (nSPS) is 10.2. The molecule has 0 unspecified atom stereocenters. The molecule has 0 bridgehead atoms. The van der Waals surface area contributed by atoms with Crippen molar-refractivity contribution in [3.63, 3.8) is 0 Å². The SMILES string of the molecule is CCCCOc1ccc(C(=O)NNC(=O)CNC(=O)c2ccc(Br)o2)cc1OC. The third-order valence-corrected chi connectivity index (χ3v) is 4.13. The number of furan rings is 1. The number of benzene rings is 1. The molecule has 0 saturated heterocycles. The van der Waals surface area contributed by atoms with Gasteiger partial charge in [0.2, 0.25) is 0 Å². The van der Waals surface area contributed by atoms with Crippen LogP contribution in [0.2, 0.25) is 0 Å². The molecule has 0 fully saturated rings. The molecule has 156 valence electrons. The Morgan fingerprint density at radius 3 is 2.52 bits per heavy atom. The summed E-state index contributed by atoms with van der Waals surface area (Å²) in [4.78, 5) is 35.8. The quantitative estimate of drug-likeness (QED) is 0.384. The van der Waals surface area contributed by atoms with E-state index in [0.29, 0.717) is 22.8 Å². The Morgan fingerprint density at radius 2 is 1.86 bits per heavy atom. The molecule has 0 spiro atoms. The average molecular weight is 468 g/mol.